The van der Waals surface area contributed by atoms with E-state index in [9.17, 15) is 14.9 Å². The van der Waals surface area contributed by atoms with Crippen LogP contribution < -0.4 is 4.90 Å². The number of aromatic nitrogens is 3. The number of hydrogen-bond donors (Lipinski definition) is 0. The zero-order chi connectivity index (χ0) is 16.7. The number of nitrogens with zero attached hydrogens (tertiary/aromatic N) is 5. The summed E-state index contributed by atoms with van der Waals surface area (Å²) in [5.74, 6) is 0.0544. The first-order valence-corrected chi connectivity index (χ1v) is 6.91. The fourth-order valence-corrected chi connectivity index (χ4v) is 2.80. The van der Waals surface area contributed by atoms with Gasteiger partial charge in [0.15, 0.2) is 6.04 Å². The third kappa shape index (κ3) is 2.39. The Labute approximate surface area is 131 Å². The lowest BCUT2D eigenvalue weighted by molar-refractivity contribution is -0.385. The van der Waals surface area contributed by atoms with E-state index in [1.54, 1.807) is 29.7 Å². The molecule has 0 N–H and O–H groups in total. The fourth-order valence-electron chi connectivity index (χ4n) is 2.80. The normalized spacial score (nSPS) is 16.3. The van der Waals surface area contributed by atoms with Gasteiger partial charge in [-0.1, -0.05) is 0 Å². The number of rotatable bonds is 3. The number of esters is 1. The summed E-state index contributed by atoms with van der Waals surface area (Å²) in [6, 6.07) is 2.27. The second-order valence-electron chi connectivity index (χ2n) is 5.29. The Balaban J connectivity index is 2.02. The van der Waals surface area contributed by atoms with Gasteiger partial charge in [0.05, 0.1) is 24.3 Å². The van der Waals surface area contributed by atoms with Crippen molar-refractivity contribution < 1.29 is 14.5 Å². The highest BCUT2D eigenvalue weighted by Crippen LogP contribution is 2.37. The first-order chi connectivity index (χ1) is 10.9. The van der Waals surface area contributed by atoms with E-state index in [0.717, 1.165) is 11.3 Å². The van der Waals surface area contributed by atoms with E-state index in [2.05, 4.69) is 10.1 Å². The Morgan fingerprint density at radius 1 is 1.48 bits per heavy atom. The second-order valence-corrected chi connectivity index (χ2v) is 5.29. The standard InChI is InChI=1S/C14H15N5O4/c1-8-11(19(21)22)4-5-12(15-8)18-7-10-9(6-17(2)16-10)13(18)14(20)23-3/h4-6,13H,7H2,1-3H3. The SMILES string of the molecule is COC(=O)C1c2cn(C)nc2CN1c1ccc([N+](=O)[O-])c(C)n1. The lowest BCUT2D eigenvalue weighted by Crippen LogP contribution is -2.30. The lowest BCUT2D eigenvalue weighted by atomic mass is 10.1. The molecule has 1 atom stereocenters. The van der Waals surface area contributed by atoms with Crippen molar-refractivity contribution in [3.63, 3.8) is 0 Å². The molecule has 0 aliphatic carbocycles. The smallest absolute Gasteiger partial charge is 0.333 e. The van der Waals surface area contributed by atoms with Crippen molar-refractivity contribution in [3.05, 3.63) is 45.4 Å². The summed E-state index contributed by atoms with van der Waals surface area (Å²) in [6.07, 6.45) is 1.77. The number of aryl methyl sites for hydroxylation is 2. The minimum absolute atomic E-state index is 0.0564. The Bertz CT molecular complexity index is 800. The van der Waals surface area contributed by atoms with E-state index in [0.29, 0.717) is 18.1 Å². The molecule has 1 aliphatic rings. The van der Waals surface area contributed by atoms with Crippen molar-refractivity contribution in [3.8, 4) is 0 Å². The molecular formula is C14H15N5O4. The molecule has 0 spiro atoms. The van der Waals surface area contributed by atoms with Crippen LogP contribution in [0.4, 0.5) is 11.5 Å². The van der Waals surface area contributed by atoms with Gasteiger partial charge in [-0.25, -0.2) is 9.78 Å². The van der Waals surface area contributed by atoms with Crippen LogP contribution in [0.15, 0.2) is 18.3 Å². The largest absolute Gasteiger partial charge is 0.467 e. The summed E-state index contributed by atoms with van der Waals surface area (Å²) in [5, 5.41) is 15.2. The van der Waals surface area contributed by atoms with Crippen LogP contribution in [0.25, 0.3) is 0 Å². The van der Waals surface area contributed by atoms with Crippen molar-refractivity contribution in [2.24, 2.45) is 7.05 Å². The van der Waals surface area contributed by atoms with Crippen molar-refractivity contribution in [2.75, 3.05) is 12.0 Å². The molecule has 0 saturated heterocycles. The second kappa shape index (κ2) is 5.34. The van der Waals surface area contributed by atoms with Gasteiger partial charge in [-0.15, -0.1) is 0 Å². The van der Waals surface area contributed by atoms with Crippen LogP contribution in [-0.2, 0) is 23.1 Å². The topological polar surface area (TPSA) is 103 Å². The van der Waals surface area contributed by atoms with Crippen LogP contribution in [0.1, 0.15) is 23.0 Å². The molecule has 0 fully saturated rings. The summed E-state index contributed by atoms with van der Waals surface area (Å²) in [7, 11) is 3.11. The zero-order valence-corrected chi connectivity index (χ0v) is 12.9. The maximum absolute atomic E-state index is 12.2. The van der Waals surface area contributed by atoms with E-state index in [-0.39, 0.29) is 5.69 Å². The number of anilines is 1. The van der Waals surface area contributed by atoms with E-state index < -0.39 is 16.9 Å². The van der Waals surface area contributed by atoms with Gasteiger partial charge in [0.2, 0.25) is 0 Å². The molecule has 0 amide bonds. The molecule has 1 unspecified atom stereocenters. The fraction of sp³-hybridized carbons (Fsp3) is 0.357. The van der Waals surface area contributed by atoms with Gasteiger partial charge in [-0.3, -0.25) is 14.8 Å². The van der Waals surface area contributed by atoms with Crippen molar-refractivity contribution in [1.82, 2.24) is 14.8 Å². The van der Waals surface area contributed by atoms with Crippen LogP contribution >= 0.6 is 0 Å². The zero-order valence-electron chi connectivity index (χ0n) is 12.9. The van der Waals surface area contributed by atoms with Crippen LogP contribution in [0.2, 0.25) is 0 Å². The van der Waals surface area contributed by atoms with E-state index >= 15 is 0 Å². The molecule has 9 nitrogen and oxygen atoms in total. The monoisotopic (exact) mass is 317 g/mol. The van der Waals surface area contributed by atoms with E-state index in [4.69, 9.17) is 4.74 Å². The average Bonchev–Trinajstić information content (AvgIpc) is 3.01. The highest BCUT2D eigenvalue weighted by atomic mass is 16.6. The van der Waals surface area contributed by atoms with Gasteiger partial charge in [-0.2, -0.15) is 5.10 Å². The molecule has 3 rings (SSSR count). The molecule has 23 heavy (non-hydrogen) atoms. The number of ether oxygens (including phenoxy) is 1. The Hall–Kier alpha value is -2.97. The predicted molar refractivity (Wildman–Crippen MR) is 79.8 cm³/mol. The quantitative estimate of drug-likeness (QED) is 0.477. The van der Waals surface area contributed by atoms with E-state index in [1.807, 2.05) is 0 Å². The number of nitro groups is 1. The van der Waals surface area contributed by atoms with Crippen molar-refractivity contribution in [2.45, 2.75) is 19.5 Å². The van der Waals surface area contributed by atoms with Gasteiger partial charge in [-0.05, 0) is 13.0 Å². The number of carbonyl (C=O) groups excluding carboxylic acids is 1. The van der Waals surface area contributed by atoms with Crippen molar-refractivity contribution >= 4 is 17.5 Å². The molecule has 1 aliphatic heterocycles. The molecule has 0 bridgehead atoms. The first kappa shape index (κ1) is 14.9. The molecule has 3 heterocycles. The molecule has 0 radical (unpaired) electrons. The number of methoxy groups -OCH3 is 1. The average molecular weight is 317 g/mol. The number of fused-ring (bicyclic) bond motifs is 1. The number of pyridine rings is 1. The number of carbonyl (C=O) groups is 1. The predicted octanol–water partition coefficient (Wildman–Crippen LogP) is 1.27. The van der Waals surface area contributed by atoms with Crippen LogP contribution in [0.3, 0.4) is 0 Å². The van der Waals surface area contributed by atoms with Crippen LogP contribution in [0.5, 0.6) is 0 Å². The Kier molecular flexibility index (Phi) is 3.47. The molecule has 0 aromatic carbocycles. The van der Waals surface area contributed by atoms with Gasteiger partial charge in [0.25, 0.3) is 5.69 Å². The van der Waals surface area contributed by atoms with Crippen LogP contribution in [0, 0.1) is 17.0 Å². The van der Waals surface area contributed by atoms with Gasteiger partial charge in [0, 0.05) is 24.9 Å². The molecule has 2 aromatic heterocycles. The highest BCUT2D eigenvalue weighted by molar-refractivity contribution is 5.83. The molecule has 0 saturated carbocycles. The third-order valence-electron chi connectivity index (χ3n) is 3.82. The third-order valence-corrected chi connectivity index (χ3v) is 3.82. The summed E-state index contributed by atoms with van der Waals surface area (Å²) in [4.78, 5) is 28.6. The van der Waals surface area contributed by atoms with Gasteiger partial charge in [0.1, 0.15) is 11.5 Å². The number of hydrogen-bond acceptors (Lipinski definition) is 7. The minimum atomic E-state index is -0.656. The summed E-state index contributed by atoms with van der Waals surface area (Å²) in [5.41, 5.74) is 1.76. The first-order valence-electron chi connectivity index (χ1n) is 6.91. The summed E-state index contributed by atoms with van der Waals surface area (Å²) in [6.45, 7) is 1.95. The maximum atomic E-state index is 12.2. The van der Waals surface area contributed by atoms with E-state index in [1.165, 1.54) is 19.2 Å². The van der Waals surface area contributed by atoms with Gasteiger partial charge < -0.3 is 9.64 Å². The molecule has 2 aromatic rings. The van der Waals surface area contributed by atoms with Gasteiger partial charge >= 0.3 is 5.97 Å². The summed E-state index contributed by atoms with van der Waals surface area (Å²) < 4.78 is 6.54. The minimum Gasteiger partial charge on any atom is -0.467 e. The highest BCUT2D eigenvalue weighted by Gasteiger charge is 2.39. The Morgan fingerprint density at radius 3 is 2.83 bits per heavy atom. The lowest BCUT2D eigenvalue weighted by Gasteiger charge is -2.24. The van der Waals surface area contributed by atoms with Crippen LogP contribution in [-0.4, -0.2) is 32.8 Å². The Morgan fingerprint density at radius 2 is 2.22 bits per heavy atom. The molecule has 120 valence electrons. The molecular weight excluding hydrogens is 302 g/mol. The van der Waals surface area contributed by atoms with Crippen molar-refractivity contribution in [1.29, 1.82) is 0 Å². The maximum Gasteiger partial charge on any atom is 0.333 e. The molecule has 9 heteroatoms. The summed E-state index contributed by atoms with van der Waals surface area (Å²) >= 11 is 0.